The topological polar surface area (TPSA) is 18.5 Å². The molecule has 1 aliphatic rings. The summed E-state index contributed by atoms with van der Waals surface area (Å²) in [6, 6.07) is 16.6. The van der Waals surface area contributed by atoms with Crippen LogP contribution < -0.4 is 9.47 Å². The second kappa shape index (κ2) is 7.35. The summed E-state index contributed by atoms with van der Waals surface area (Å²) >= 11 is 0. The molecule has 0 atom stereocenters. The summed E-state index contributed by atoms with van der Waals surface area (Å²) in [4.78, 5) is 0. The fourth-order valence-electron chi connectivity index (χ4n) is 3.07. The van der Waals surface area contributed by atoms with Gasteiger partial charge in [0, 0.05) is 5.56 Å². The molecular weight excluding hydrogens is 272 g/mol. The molecule has 0 N–H and O–H groups in total. The van der Waals surface area contributed by atoms with E-state index < -0.39 is 0 Å². The van der Waals surface area contributed by atoms with Crippen LogP contribution in [0.25, 0.3) is 11.1 Å². The van der Waals surface area contributed by atoms with Gasteiger partial charge >= 0.3 is 0 Å². The molecule has 2 aromatic carbocycles. The van der Waals surface area contributed by atoms with Gasteiger partial charge in [-0.2, -0.15) is 0 Å². The van der Waals surface area contributed by atoms with Gasteiger partial charge in [-0.05, 0) is 56.4 Å². The monoisotopic (exact) mass is 296 g/mol. The zero-order valence-electron chi connectivity index (χ0n) is 13.3. The number of benzene rings is 2. The zero-order chi connectivity index (χ0) is 15.2. The van der Waals surface area contributed by atoms with E-state index in [1.165, 1.54) is 37.7 Å². The van der Waals surface area contributed by atoms with Crippen molar-refractivity contribution in [2.45, 2.75) is 45.1 Å². The van der Waals surface area contributed by atoms with Crippen LogP contribution in [0.5, 0.6) is 11.5 Å². The van der Waals surface area contributed by atoms with Gasteiger partial charge in [0.1, 0.15) is 11.5 Å². The molecule has 0 bridgehead atoms. The lowest BCUT2D eigenvalue weighted by Crippen LogP contribution is -2.19. The minimum atomic E-state index is 0.398. The Labute approximate surface area is 133 Å². The average Bonchev–Trinajstić information content (AvgIpc) is 2.58. The summed E-state index contributed by atoms with van der Waals surface area (Å²) in [6.45, 7) is 2.69. The Balaban J connectivity index is 1.73. The summed E-state index contributed by atoms with van der Waals surface area (Å²) in [7, 11) is 0. The molecule has 0 spiro atoms. The van der Waals surface area contributed by atoms with Crippen LogP contribution in [0.1, 0.15) is 39.0 Å². The van der Waals surface area contributed by atoms with Crippen LogP contribution >= 0.6 is 0 Å². The maximum absolute atomic E-state index is 6.09. The van der Waals surface area contributed by atoms with Gasteiger partial charge in [-0.25, -0.2) is 0 Å². The third-order valence-corrected chi connectivity index (χ3v) is 4.21. The molecule has 116 valence electrons. The van der Waals surface area contributed by atoms with Gasteiger partial charge in [0.2, 0.25) is 0 Å². The van der Waals surface area contributed by atoms with Crippen molar-refractivity contribution in [1.29, 1.82) is 0 Å². The van der Waals surface area contributed by atoms with Crippen molar-refractivity contribution in [3.8, 4) is 22.6 Å². The van der Waals surface area contributed by atoms with Crippen molar-refractivity contribution >= 4 is 0 Å². The number of para-hydroxylation sites is 1. The van der Waals surface area contributed by atoms with Crippen molar-refractivity contribution in [3.05, 3.63) is 48.5 Å². The van der Waals surface area contributed by atoms with E-state index in [1.807, 2.05) is 25.1 Å². The first-order valence-corrected chi connectivity index (χ1v) is 8.35. The summed E-state index contributed by atoms with van der Waals surface area (Å²) in [5.41, 5.74) is 2.30. The summed E-state index contributed by atoms with van der Waals surface area (Å²) in [6.07, 6.45) is 6.72. The standard InChI is InChI=1S/C20H24O2/c1-2-21-20-11-7-6-10-19(20)16-12-14-18(15-13-16)22-17-8-4-3-5-9-17/h6-7,10-15,17H,2-5,8-9H2,1H3. The lowest BCUT2D eigenvalue weighted by Gasteiger charge is -2.23. The van der Waals surface area contributed by atoms with Gasteiger partial charge in [0.25, 0.3) is 0 Å². The van der Waals surface area contributed by atoms with Gasteiger partial charge in [0.05, 0.1) is 12.7 Å². The number of ether oxygens (including phenoxy) is 2. The molecule has 22 heavy (non-hydrogen) atoms. The van der Waals surface area contributed by atoms with Crippen molar-refractivity contribution < 1.29 is 9.47 Å². The minimum Gasteiger partial charge on any atom is -0.493 e. The first-order valence-electron chi connectivity index (χ1n) is 8.35. The van der Waals surface area contributed by atoms with E-state index in [0.29, 0.717) is 12.7 Å². The van der Waals surface area contributed by atoms with Gasteiger partial charge in [-0.15, -0.1) is 0 Å². The Morgan fingerprint density at radius 3 is 2.36 bits per heavy atom. The van der Waals surface area contributed by atoms with Gasteiger partial charge in [-0.3, -0.25) is 0 Å². The fraction of sp³-hybridized carbons (Fsp3) is 0.400. The van der Waals surface area contributed by atoms with Crippen molar-refractivity contribution in [3.63, 3.8) is 0 Å². The Hall–Kier alpha value is -1.96. The van der Waals surface area contributed by atoms with Crippen LogP contribution in [0.15, 0.2) is 48.5 Å². The molecule has 1 saturated carbocycles. The number of rotatable bonds is 5. The van der Waals surface area contributed by atoms with Gasteiger partial charge in [0.15, 0.2) is 0 Å². The predicted molar refractivity (Wildman–Crippen MR) is 90.5 cm³/mol. The van der Waals surface area contributed by atoms with E-state index in [1.54, 1.807) is 0 Å². The van der Waals surface area contributed by atoms with Crippen molar-refractivity contribution in [1.82, 2.24) is 0 Å². The predicted octanol–water partition coefficient (Wildman–Crippen LogP) is 5.46. The van der Waals surface area contributed by atoms with E-state index in [-0.39, 0.29) is 0 Å². The maximum Gasteiger partial charge on any atom is 0.127 e. The molecule has 0 aliphatic heterocycles. The number of hydrogen-bond donors (Lipinski definition) is 0. The Morgan fingerprint density at radius 2 is 1.64 bits per heavy atom. The molecule has 0 radical (unpaired) electrons. The van der Waals surface area contributed by atoms with E-state index in [0.717, 1.165) is 17.1 Å². The van der Waals surface area contributed by atoms with Crippen LogP contribution in [-0.4, -0.2) is 12.7 Å². The first-order chi connectivity index (χ1) is 10.9. The first kappa shape index (κ1) is 15.0. The minimum absolute atomic E-state index is 0.398. The maximum atomic E-state index is 6.09. The third-order valence-electron chi connectivity index (χ3n) is 4.21. The highest BCUT2D eigenvalue weighted by Crippen LogP contribution is 2.31. The Bertz CT molecular complexity index is 583. The highest BCUT2D eigenvalue weighted by atomic mass is 16.5. The normalized spacial score (nSPS) is 15.5. The van der Waals surface area contributed by atoms with Crippen molar-refractivity contribution in [2.24, 2.45) is 0 Å². The lowest BCUT2D eigenvalue weighted by atomic mass is 9.98. The van der Waals surface area contributed by atoms with Crippen LogP contribution in [0.3, 0.4) is 0 Å². The largest absolute Gasteiger partial charge is 0.493 e. The highest BCUT2D eigenvalue weighted by molar-refractivity contribution is 5.70. The zero-order valence-corrected chi connectivity index (χ0v) is 13.3. The third kappa shape index (κ3) is 3.62. The van der Waals surface area contributed by atoms with E-state index in [2.05, 4.69) is 30.3 Å². The summed E-state index contributed by atoms with van der Waals surface area (Å²) in [5.74, 6) is 1.91. The van der Waals surface area contributed by atoms with E-state index >= 15 is 0 Å². The van der Waals surface area contributed by atoms with Crippen LogP contribution in [0, 0.1) is 0 Å². The second-order valence-corrected chi connectivity index (χ2v) is 5.83. The van der Waals surface area contributed by atoms with Crippen LogP contribution in [0.2, 0.25) is 0 Å². The summed E-state index contributed by atoms with van der Waals surface area (Å²) < 4.78 is 11.8. The number of hydrogen-bond acceptors (Lipinski definition) is 2. The molecule has 0 amide bonds. The van der Waals surface area contributed by atoms with Crippen LogP contribution in [0.4, 0.5) is 0 Å². The van der Waals surface area contributed by atoms with E-state index in [9.17, 15) is 0 Å². The molecule has 0 aromatic heterocycles. The molecule has 0 heterocycles. The molecule has 1 aliphatic carbocycles. The molecule has 0 saturated heterocycles. The molecule has 2 heteroatoms. The second-order valence-electron chi connectivity index (χ2n) is 5.83. The van der Waals surface area contributed by atoms with Crippen LogP contribution in [-0.2, 0) is 0 Å². The molecule has 1 fully saturated rings. The average molecular weight is 296 g/mol. The molecule has 2 aromatic rings. The SMILES string of the molecule is CCOc1ccccc1-c1ccc(OC2CCCCC2)cc1. The highest BCUT2D eigenvalue weighted by Gasteiger charge is 2.14. The Kier molecular flexibility index (Phi) is 4.99. The van der Waals surface area contributed by atoms with E-state index in [4.69, 9.17) is 9.47 Å². The molecule has 2 nitrogen and oxygen atoms in total. The quantitative estimate of drug-likeness (QED) is 0.729. The molecular formula is C20H24O2. The van der Waals surface area contributed by atoms with Crippen molar-refractivity contribution in [2.75, 3.05) is 6.61 Å². The van der Waals surface area contributed by atoms with Gasteiger partial charge in [-0.1, -0.05) is 36.8 Å². The molecule has 0 unspecified atom stereocenters. The van der Waals surface area contributed by atoms with Gasteiger partial charge < -0.3 is 9.47 Å². The lowest BCUT2D eigenvalue weighted by molar-refractivity contribution is 0.155. The molecule has 3 rings (SSSR count). The summed E-state index contributed by atoms with van der Waals surface area (Å²) in [5, 5.41) is 0. The Morgan fingerprint density at radius 1 is 0.909 bits per heavy atom. The smallest absolute Gasteiger partial charge is 0.127 e. The fourth-order valence-corrected chi connectivity index (χ4v) is 3.07.